The lowest BCUT2D eigenvalue weighted by Crippen LogP contribution is -2.45. The van der Waals surface area contributed by atoms with Gasteiger partial charge in [0.2, 0.25) is 0 Å². The number of nitrogens with one attached hydrogen (secondary N) is 1. The van der Waals surface area contributed by atoms with Crippen LogP contribution in [0, 0.1) is 5.82 Å². The molecule has 0 bridgehead atoms. The van der Waals surface area contributed by atoms with Gasteiger partial charge in [-0.05, 0) is 36.1 Å². The van der Waals surface area contributed by atoms with E-state index < -0.39 is 5.82 Å². The van der Waals surface area contributed by atoms with Crippen LogP contribution in [0.1, 0.15) is 23.4 Å². The van der Waals surface area contributed by atoms with Crippen molar-refractivity contribution in [1.29, 1.82) is 0 Å². The molecule has 0 amide bonds. The SMILES string of the molecule is CCOc1c(F)cc([C@@H](c2cccs2)N2CCNCC2)cc1Cl.Cl. The summed E-state index contributed by atoms with van der Waals surface area (Å²) in [6.07, 6.45) is 0. The van der Waals surface area contributed by atoms with Crippen molar-refractivity contribution < 1.29 is 9.13 Å². The van der Waals surface area contributed by atoms with Gasteiger partial charge in [-0.25, -0.2) is 4.39 Å². The number of thiophene rings is 1. The molecule has 0 saturated carbocycles. The molecule has 1 aromatic heterocycles. The van der Waals surface area contributed by atoms with Gasteiger partial charge in [0.15, 0.2) is 11.6 Å². The predicted molar refractivity (Wildman–Crippen MR) is 100 cm³/mol. The van der Waals surface area contributed by atoms with Crippen LogP contribution in [0.15, 0.2) is 29.6 Å². The van der Waals surface area contributed by atoms with Gasteiger partial charge in [0.1, 0.15) is 0 Å². The maximum Gasteiger partial charge on any atom is 0.173 e. The van der Waals surface area contributed by atoms with Gasteiger partial charge >= 0.3 is 0 Å². The highest BCUT2D eigenvalue weighted by Crippen LogP contribution is 2.37. The van der Waals surface area contributed by atoms with E-state index in [0.29, 0.717) is 11.6 Å². The zero-order valence-corrected chi connectivity index (χ0v) is 15.8. The van der Waals surface area contributed by atoms with E-state index in [2.05, 4.69) is 21.7 Å². The fourth-order valence-electron chi connectivity index (χ4n) is 2.96. The highest BCUT2D eigenvalue weighted by atomic mass is 35.5. The molecule has 3 nitrogen and oxygen atoms in total. The molecule has 1 aromatic carbocycles. The molecule has 0 unspecified atom stereocenters. The third-order valence-electron chi connectivity index (χ3n) is 3.95. The minimum atomic E-state index is -0.397. The van der Waals surface area contributed by atoms with E-state index in [9.17, 15) is 4.39 Å². The van der Waals surface area contributed by atoms with Crippen LogP contribution in [0.25, 0.3) is 0 Å². The number of piperazine rings is 1. The standard InChI is InChI=1S/C17H20ClFN2OS.ClH/c1-2-22-17-13(18)10-12(11-14(17)19)16(15-4-3-9-23-15)21-7-5-20-6-8-21;/h3-4,9-11,16,20H,2,5-8H2,1H3;1H/t16-;/m0./s1. The topological polar surface area (TPSA) is 24.5 Å². The summed E-state index contributed by atoms with van der Waals surface area (Å²) < 4.78 is 19.7. The summed E-state index contributed by atoms with van der Waals surface area (Å²) in [7, 11) is 0. The summed E-state index contributed by atoms with van der Waals surface area (Å²) in [5.41, 5.74) is 0.875. The number of benzene rings is 1. The van der Waals surface area contributed by atoms with Crippen molar-refractivity contribution in [2.45, 2.75) is 13.0 Å². The fourth-order valence-corrected chi connectivity index (χ4v) is 4.12. The van der Waals surface area contributed by atoms with Crippen LogP contribution in [0.5, 0.6) is 5.75 Å². The Balaban J connectivity index is 0.00000208. The smallest absolute Gasteiger partial charge is 0.173 e. The van der Waals surface area contributed by atoms with E-state index in [0.717, 1.165) is 31.7 Å². The Morgan fingerprint density at radius 2 is 2.12 bits per heavy atom. The molecule has 24 heavy (non-hydrogen) atoms. The highest BCUT2D eigenvalue weighted by molar-refractivity contribution is 7.10. The average Bonchev–Trinajstić information content (AvgIpc) is 3.06. The normalized spacial score (nSPS) is 16.5. The van der Waals surface area contributed by atoms with E-state index >= 15 is 0 Å². The van der Waals surface area contributed by atoms with Gasteiger partial charge in [0.25, 0.3) is 0 Å². The summed E-state index contributed by atoms with van der Waals surface area (Å²) in [6.45, 7) is 5.94. The average molecular weight is 391 g/mol. The molecule has 2 heterocycles. The molecular weight excluding hydrogens is 370 g/mol. The van der Waals surface area contributed by atoms with Crippen molar-refractivity contribution in [3.63, 3.8) is 0 Å². The van der Waals surface area contributed by atoms with E-state index in [1.807, 2.05) is 19.1 Å². The van der Waals surface area contributed by atoms with Gasteiger partial charge in [-0.1, -0.05) is 17.7 Å². The third-order valence-corrected chi connectivity index (χ3v) is 5.16. The van der Waals surface area contributed by atoms with Crippen LogP contribution < -0.4 is 10.1 Å². The Morgan fingerprint density at radius 1 is 1.38 bits per heavy atom. The van der Waals surface area contributed by atoms with Crippen LogP contribution in [-0.4, -0.2) is 37.7 Å². The lowest BCUT2D eigenvalue weighted by Gasteiger charge is -2.35. The van der Waals surface area contributed by atoms with E-state index in [4.69, 9.17) is 16.3 Å². The van der Waals surface area contributed by atoms with Crippen molar-refractivity contribution in [2.75, 3.05) is 32.8 Å². The van der Waals surface area contributed by atoms with Crippen LogP contribution in [-0.2, 0) is 0 Å². The molecule has 0 aliphatic carbocycles. The largest absolute Gasteiger partial charge is 0.489 e. The van der Waals surface area contributed by atoms with E-state index in [1.165, 1.54) is 4.88 Å². The van der Waals surface area contributed by atoms with Gasteiger partial charge in [-0.2, -0.15) is 0 Å². The van der Waals surface area contributed by atoms with Crippen molar-refractivity contribution in [3.05, 3.63) is 50.9 Å². The van der Waals surface area contributed by atoms with Crippen LogP contribution in [0.4, 0.5) is 4.39 Å². The molecule has 1 saturated heterocycles. The molecular formula is C17H21Cl2FN2OS. The number of ether oxygens (including phenoxy) is 1. The van der Waals surface area contributed by atoms with Crippen molar-refractivity contribution >= 4 is 35.3 Å². The number of nitrogens with zero attached hydrogens (tertiary/aromatic N) is 1. The second kappa shape index (κ2) is 9.02. The maximum atomic E-state index is 14.4. The second-order valence-corrected chi connectivity index (χ2v) is 6.84. The number of rotatable bonds is 5. The predicted octanol–water partition coefficient (Wildman–Crippen LogP) is 4.36. The molecule has 1 aliphatic heterocycles. The van der Waals surface area contributed by atoms with Crippen molar-refractivity contribution in [2.24, 2.45) is 0 Å². The first-order valence-corrected chi connectivity index (χ1v) is 9.06. The van der Waals surface area contributed by atoms with Crippen LogP contribution in [0.3, 0.4) is 0 Å². The Morgan fingerprint density at radius 3 is 2.71 bits per heavy atom. The monoisotopic (exact) mass is 390 g/mol. The zero-order chi connectivity index (χ0) is 16.2. The zero-order valence-electron chi connectivity index (χ0n) is 13.4. The molecule has 1 fully saturated rings. The lowest BCUT2D eigenvalue weighted by atomic mass is 10.0. The highest BCUT2D eigenvalue weighted by Gasteiger charge is 2.26. The molecule has 3 rings (SSSR count). The minimum absolute atomic E-state index is 0. The third kappa shape index (κ3) is 4.21. The Hall–Kier alpha value is -0.850. The maximum absolute atomic E-state index is 14.4. The number of halogens is 3. The van der Waals surface area contributed by atoms with Gasteiger partial charge in [-0.15, -0.1) is 23.7 Å². The van der Waals surface area contributed by atoms with Crippen LogP contribution >= 0.6 is 35.3 Å². The first-order chi connectivity index (χ1) is 11.2. The molecule has 2 aromatic rings. The van der Waals surface area contributed by atoms with Crippen molar-refractivity contribution in [3.8, 4) is 5.75 Å². The van der Waals surface area contributed by atoms with Gasteiger partial charge < -0.3 is 10.1 Å². The molecule has 0 spiro atoms. The van der Waals surface area contributed by atoms with Gasteiger partial charge in [-0.3, -0.25) is 4.90 Å². The Bertz CT molecular complexity index is 625. The number of hydrogen-bond donors (Lipinski definition) is 1. The molecule has 1 atom stereocenters. The summed E-state index contributed by atoms with van der Waals surface area (Å²) >= 11 is 7.95. The minimum Gasteiger partial charge on any atom is -0.489 e. The summed E-state index contributed by atoms with van der Waals surface area (Å²) in [5, 5.41) is 5.74. The first kappa shape index (κ1) is 19.5. The van der Waals surface area contributed by atoms with Gasteiger partial charge in [0, 0.05) is 31.1 Å². The molecule has 0 radical (unpaired) electrons. The molecule has 7 heteroatoms. The summed E-state index contributed by atoms with van der Waals surface area (Å²) in [6, 6.07) is 7.55. The first-order valence-electron chi connectivity index (χ1n) is 7.80. The Labute approximate surface area is 157 Å². The molecule has 1 N–H and O–H groups in total. The number of hydrogen-bond acceptors (Lipinski definition) is 4. The lowest BCUT2D eigenvalue weighted by molar-refractivity contribution is 0.200. The summed E-state index contributed by atoms with van der Waals surface area (Å²) in [4.78, 5) is 3.57. The fraction of sp³-hybridized carbons (Fsp3) is 0.412. The van der Waals surface area contributed by atoms with Crippen LogP contribution in [0.2, 0.25) is 5.02 Å². The van der Waals surface area contributed by atoms with Crippen molar-refractivity contribution in [1.82, 2.24) is 10.2 Å². The van der Waals surface area contributed by atoms with Gasteiger partial charge in [0.05, 0.1) is 17.7 Å². The summed E-state index contributed by atoms with van der Waals surface area (Å²) in [5.74, 6) is -0.255. The molecule has 132 valence electrons. The van der Waals surface area contributed by atoms with E-state index in [-0.39, 0.29) is 24.2 Å². The van der Waals surface area contributed by atoms with E-state index in [1.54, 1.807) is 17.4 Å². The molecule has 1 aliphatic rings. The Kier molecular flexibility index (Phi) is 7.32. The second-order valence-electron chi connectivity index (χ2n) is 5.45. The quantitative estimate of drug-likeness (QED) is 0.820.